The molecular weight excluding hydrogens is 292 g/mol. The Kier molecular flexibility index (Phi) is 7.06. The van der Waals surface area contributed by atoms with E-state index in [0.717, 1.165) is 19.1 Å². The summed E-state index contributed by atoms with van der Waals surface area (Å²) in [6, 6.07) is 0. The van der Waals surface area contributed by atoms with Crippen molar-refractivity contribution in [1.82, 2.24) is 9.80 Å². The first-order valence-electron chi connectivity index (χ1n) is 9.12. The van der Waals surface area contributed by atoms with Gasteiger partial charge in [-0.1, -0.05) is 27.7 Å². The van der Waals surface area contributed by atoms with Crippen LogP contribution in [0.5, 0.6) is 0 Å². The maximum atomic E-state index is 6.22. The van der Waals surface area contributed by atoms with Crippen LogP contribution in [0.3, 0.4) is 0 Å². The molecule has 1 aliphatic carbocycles. The van der Waals surface area contributed by atoms with E-state index in [1.54, 1.807) is 0 Å². The van der Waals surface area contributed by atoms with Gasteiger partial charge in [-0.2, -0.15) is 12.6 Å². The van der Waals surface area contributed by atoms with Crippen molar-refractivity contribution in [3.05, 3.63) is 0 Å². The Hall–Kier alpha value is 0.230. The van der Waals surface area contributed by atoms with Gasteiger partial charge in [-0.3, -0.25) is 4.90 Å². The van der Waals surface area contributed by atoms with Crippen LogP contribution < -0.4 is 0 Å². The van der Waals surface area contributed by atoms with Crippen LogP contribution in [-0.2, 0) is 4.74 Å². The summed E-state index contributed by atoms with van der Waals surface area (Å²) in [5.41, 5.74) is 0.435. The Morgan fingerprint density at radius 1 is 1.14 bits per heavy atom. The topological polar surface area (TPSA) is 15.7 Å². The average molecular weight is 329 g/mol. The van der Waals surface area contributed by atoms with Gasteiger partial charge in [0.1, 0.15) is 0 Å². The number of rotatable bonds is 6. The molecule has 0 aromatic carbocycles. The zero-order chi connectivity index (χ0) is 16.2. The van der Waals surface area contributed by atoms with Gasteiger partial charge in [0.05, 0.1) is 12.7 Å². The minimum Gasteiger partial charge on any atom is -0.377 e. The molecule has 2 fully saturated rings. The maximum Gasteiger partial charge on any atom is 0.0598 e. The third kappa shape index (κ3) is 6.03. The van der Waals surface area contributed by atoms with E-state index in [-0.39, 0.29) is 0 Å². The van der Waals surface area contributed by atoms with E-state index in [2.05, 4.69) is 37.5 Å². The molecule has 3 nitrogen and oxygen atoms in total. The van der Waals surface area contributed by atoms with E-state index in [1.807, 2.05) is 0 Å². The van der Waals surface area contributed by atoms with Crippen molar-refractivity contribution in [2.24, 2.45) is 11.3 Å². The highest BCUT2D eigenvalue weighted by Crippen LogP contribution is 2.39. The third-order valence-corrected chi connectivity index (χ3v) is 5.56. The predicted octanol–water partition coefficient (Wildman–Crippen LogP) is 3.15. The van der Waals surface area contributed by atoms with Crippen molar-refractivity contribution in [3.8, 4) is 0 Å². The molecule has 0 aromatic rings. The van der Waals surface area contributed by atoms with Crippen LogP contribution in [0.15, 0.2) is 0 Å². The maximum absolute atomic E-state index is 6.22. The first-order chi connectivity index (χ1) is 10.4. The number of nitrogens with zero attached hydrogens (tertiary/aromatic N) is 2. The van der Waals surface area contributed by atoms with Crippen LogP contribution in [0.2, 0.25) is 0 Å². The molecule has 2 aliphatic rings. The summed E-state index contributed by atoms with van der Waals surface area (Å²) in [6.45, 7) is 17.2. The van der Waals surface area contributed by atoms with Gasteiger partial charge < -0.3 is 9.64 Å². The number of ether oxygens (including phenoxy) is 1. The van der Waals surface area contributed by atoms with Crippen molar-refractivity contribution in [2.45, 2.75) is 58.3 Å². The summed E-state index contributed by atoms with van der Waals surface area (Å²) in [5.74, 6) is 0.786. The second-order valence-corrected chi connectivity index (χ2v) is 8.99. The van der Waals surface area contributed by atoms with E-state index in [1.165, 1.54) is 52.0 Å². The Morgan fingerprint density at radius 3 is 2.36 bits per heavy atom. The highest BCUT2D eigenvalue weighted by Gasteiger charge is 2.32. The average Bonchev–Trinajstić information content (AvgIpc) is 2.44. The molecular formula is C18H36N2OS. The van der Waals surface area contributed by atoms with Gasteiger partial charge in [-0.05, 0) is 37.1 Å². The number of hydrogen-bond acceptors (Lipinski definition) is 4. The molecule has 0 bridgehead atoms. The highest BCUT2D eigenvalue weighted by atomic mass is 32.1. The van der Waals surface area contributed by atoms with Crippen molar-refractivity contribution in [2.75, 3.05) is 45.9 Å². The quantitative estimate of drug-likeness (QED) is 0.754. The molecule has 1 saturated carbocycles. The second-order valence-electron chi connectivity index (χ2n) is 8.26. The fraction of sp³-hybridized carbons (Fsp3) is 1.00. The molecule has 0 spiro atoms. The van der Waals surface area contributed by atoms with Gasteiger partial charge in [-0.25, -0.2) is 0 Å². The summed E-state index contributed by atoms with van der Waals surface area (Å²) in [5, 5.41) is 0.341. The molecule has 1 aliphatic heterocycles. The fourth-order valence-electron chi connectivity index (χ4n) is 4.27. The van der Waals surface area contributed by atoms with Gasteiger partial charge in [0, 0.05) is 38.0 Å². The van der Waals surface area contributed by atoms with Crippen molar-refractivity contribution >= 4 is 12.6 Å². The van der Waals surface area contributed by atoms with E-state index < -0.39 is 0 Å². The van der Waals surface area contributed by atoms with Gasteiger partial charge in [-0.15, -0.1) is 0 Å². The molecule has 1 heterocycles. The lowest BCUT2D eigenvalue weighted by Gasteiger charge is -2.39. The lowest BCUT2D eigenvalue weighted by atomic mass is 9.71. The summed E-state index contributed by atoms with van der Waals surface area (Å²) < 4.78 is 6.22. The third-order valence-electron chi connectivity index (χ3n) is 5.25. The summed E-state index contributed by atoms with van der Waals surface area (Å²) in [4.78, 5) is 5.06. The number of likely N-dealkylation sites (N-methyl/N-ethyl adjacent to an activating group) is 1. The normalized spacial score (nSPS) is 32.0. The van der Waals surface area contributed by atoms with Crippen molar-refractivity contribution in [3.63, 3.8) is 0 Å². The summed E-state index contributed by atoms with van der Waals surface area (Å²) in [7, 11) is 0. The fourth-order valence-corrected chi connectivity index (χ4v) is 4.59. The Bertz CT molecular complexity index is 329. The molecule has 0 N–H and O–H groups in total. The van der Waals surface area contributed by atoms with E-state index >= 15 is 0 Å². The molecule has 22 heavy (non-hydrogen) atoms. The van der Waals surface area contributed by atoms with Crippen LogP contribution >= 0.6 is 12.6 Å². The molecule has 130 valence electrons. The minimum absolute atomic E-state index is 0.341. The standard InChI is InChI=1S/C18H36N2OS/c1-5-19-6-8-20(9-7-19)13-17(22)14-21-16-10-15(2)11-18(3,4)12-16/h15-17,22H,5-14H2,1-4H3/t15-,16-,17+/m1/s1. The van der Waals surface area contributed by atoms with E-state index in [9.17, 15) is 0 Å². The first-order valence-corrected chi connectivity index (χ1v) is 9.64. The summed E-state index contributed by atoms with van der Waals surface area (Å²) in [6.07, 6.45) is 4.19. The minimum atomic E-state index is 0.341. The SMILES string of the molecule is CCN1CCN(C[C@H](S)CO[C@@H]2C[C@@H](C)CC(C)(C)C2)CC1. The van der Waals surface area contributed by atoms with Crippen LogP contribution in [-0.4, -0.2) is 67.0 Å². The highest BCUT2D eigenvalue weighted by molar-refractivity contribution is 7.81. The monoisotopic (exact) mass is 328 g/mol. The van der Waals surface area contributed by atoms with Crippen molar-refractivity contribution < 1.29 is 4.74 Å². The molecule has 2 rings (SSSR count). The van der Waals surface area contributed by atoms with E-state index in [0.29, 0.717) is 16.8 Å². The smallest absolute Gasteiger partial charge is 0.0598 e. The summed E-state index contributed by atoms with van der Waals surface area (Å²) >= 11 is 4.77. The lowest BCUT2D eigenvalue weighted by Crippen LogP contribution is -2.48. The first kappa shape index (κ1) is 18.6. The Labute approximate surface area is 143 Å². The van der Waals surface area contributed by atoms with Crippen LogP contribution in [0.25, 0.3) is 0 Å². The molecule has 1 saturated heterocycles. The van der Waals surface area contributed by atoms with Crippen molar-refractivity contribution in [1.29, 1.82) is 0 Å². The number of piperazine rings is 1. The zero-order valence-electron chi connectivity index (χ0n) is 15.1. The van der Waals surface area contributed by atoms with Crippen LogP contribution in [0.4, 0.5) is 0 Å². The molecule has 0 aromatic heterocycles. The second kappa shape index (κ2) is 8.36. The largest absolute Gasteiger partial charge is 0.377 e. The molecule has 3 atom stereocenters. The lowest BCUT2D eigenvalue weighted by molar-refractivity contribution is -0.0243. The van der Waals surface area contributed by atoms with Gasteiger partial charge in [0.2, 0.25) is 0 Å². The number of thiol groups is 1. The zero-order valence-corrected chi connectivity index (χ0v) is 15.9. The van der Waals surface area contributed by atoms with Gasteiger partial charge in [0.15, 0.2) is 0 Å². The van der Waals surface area contributed by atoms with Crippen LogP contribution in [0.1, 0.15) is 47.0 Å². The predicted molar refractivity (Wildman–Crippen MR) is 97.9 cm³/mol. The van der Waals surface area contributed by atoms with Crippen LogP contribution in [0, 0.1) is 11.3 Å². The molecule has 4 heteroatoms. The molecule has 0 amide bonds. The molecule has 0 unspecified atom stereocenters. The van der Waals surface area contributed by atoms with E-state index in [4.69, 9.17) is 17.4 Å². The molecule has 0 radical (unpaired) electrons. The van der Waals surface area contributed by atoms with Gasteiger partial charge in [0.25, 0.3) is 0 Å². The number of hydrogen-bond donors (Lipinski definition) is 1. The van der Waals surface area contributed by atoms with Gasteiger partial charge >= 0.3 is 0 Å². The Balaban J connectivity index is 1.66. The Morgan fingerprint density at radius 2 is 1.77 bits per heavy atom.